The van der Waals surface area contributed by atoms with E-state index in [4.69, 9.17) is 9.47 Å². The molecule has 1 amide bonds. The monoisotopic (exact) mass is 360 g/mol. The van der Waals surface area contributed by atoms with Crippen molar-refractivity contribution in [3.63, 3.8) is 0 Å². The van der Waals surface area contributed by atoms with Crippen molar-refractivity contribution < 1.29 is 14.3 Å². The molecule has 2 aromatic rings. The van der Waals surface area contributed by atoms with Crippen LogP contribution in [0.1, 0.15) is 5.56 Å². The van der Waals surface area contributed by atoms with E-state index in [9.17, 15) is 14.4 Å². The predicted octanol–water partition coefficient (Wildman–Crippen LogP) is 0.258. The van der Waals surface area contributed by atoms with Crippen molar-refractivity contribution in [1.82, 2.24) is 14.6 Å². The van der Waals surface area contributed by atoms with Gasteiger partial charge in [-0.25, -0.2) is 4.79 Å². The molecule has 0 aliphatic rings. The summed E-state index contributed by atoms with van der Waals surface area (Å²) in [5.74, 6) is 0.838. The van der Waals surface area contributed by atoms with Crippen LogP contribution in [0.2, 0.25) is 0 Å². The van der Waals surface area contributed by atoms with Crippen LogP contribution in [0.3, 0.4) is 0 Å². The van der Waals surface area contributed by atoms with E-state index < -0.39 is 17.2 Å². The van der Waals surface area contributed by atoms with E-state index in [1.54, 1.807) is 24.3 Å². The molecular formula is C17H20N4O5. The second kappa shape index (κ2) is 8.06. The summed E-state index contributed by atoms with van der Waals surface area (Å²) in [6, 6.07) is 6.42. The van der Waals surface area contributed by atoms with Gasteiger partial charge in [0.15, 0.2) is 11.5 Å². The first-order valence-electron chi connectivity index (χ1n) is 7.60. The number of ether oxygens (including phenoxy) is 2. The van der Waals surface area contributed by atoms with Gasteiger partial charge in [0.25, 0.3) is 11.5 Å². The third-order valence-electron chi connectivity index (χ3n) is 3.67. The third kappa shape index (κ3) is 4.12. The van der Waals surface area contributed by atoms with Gasteiger partial charge in [-0.2, -0.15) is 0 Å². The maximum absolute atomic E-state index is 11.9. The summed E-state index contributed by atoms with van der Waals surface area (Å²) in [6.07, 6.45) is 2.88. The summed E-state index contributed by atoms with van der Waals surface area (Å²) >= 11 is 0. The zero-order chi connectivity index (χ0) is 19.3. The van der Waals surface area contributed by atoms with Crippen LogP contribution >= 0.6 is 0 Å². The Balaban J connectivity index is 2.07. The number of benzene rings is 1. The van der Waals surface area contributed by atoms with E-state index >= 15 is 0 Å². The quantitative estimate of drug-likeness (QED) is 0.566. The van der Waals surface area contributed by atoms with E-state index in [1.807, 2.05) is 0 Å². The summed E-state index contributed by atoms with van der Waals surface area (Å²) in [6.45, 7) is 0. The van der Waals surface area contributed by atoms with Crippen LogP contribution in [0.4, 0.5) is 5.82 Å². The van der Waals surface area contributed by atoms with E-state index in [0.717, 1.165) is 10.1 Å². The highest BCUT2D eigenvalue weighted by Gasteiger charge is 2.06. The Morgan fingerprint density at radius 2 is 1.73 bits per heavy atom. The van der Waals surface area contributed by atoms with Crippen LogP contribution in [-0.4, -0.2) is 29.3 Å². The Morgan fingerprint density at radius 1 is 1.04 bits per heavy atom. The maximum atomic E-state index is 11.9. The number of hydrogen-bond donors (Lipinski definition) is 2. The second-order valence-electron chi connectivity index (χ2n) is 5.33. The van der Waals surface area contributed by atoms with Crippen LogP contribution in [0.5, 0.6) is 11.5 Å². The first-order chi connectivity index (χ1) is 12.4. The standard InChI is InChI=1S/C17H20N4O5/c1-20-14(10-16(23)21(2)17(20)24)18-19-15(22)8-6-11-5-7-12(25-3)13(9-11)26-4/h5-10,18H,1-4H3,(H,19,22)/b8-6+. The van der Waals surface area contributed by atoms with Crippen LogP contribution in [0.15, 0.2) is 39.9 Å². The molecule has 0 aliphatic heterocycles. The van der Waals surface area contributed by atoms with Gasteiger partial charge in [0.1, 0.15) is 5.82 Å². The molecule has 2 N–H and O–H groups in total. The number of rotatable bonds is 6. The fraction of sp³-hybridized carbons (Fsp3) is 0.235. The Morgan fingerprint density at radius 3 is 2.38 bits per heavy atom. The number of methoxy groups -OCH3 is 2. The highest BCUT2D eigenvalue weighted by molar-refractivity contribution is 5.92. The lowest BCUT2D eigenvalue weighted by Crippen LogP contribution is -2.39. The highest BCUT2D eigenvalue weighted by atomic mass is 16.5. The number of anilines is 1. The first kappa shape index (κ1) is 18.8. The lowest BCUT2D eigenvalue weighted by Gasteiger charge is -2.11. The minimum Gasteiger partial charge on any atom is -0.493 e. The van der Waals surface area contributed by atoms with Gasteiger partial charge in [-0.15, -0.1) is 0 Å². The SMILES string of the molecule is COc1ccc(/C=C/C(=O)NNc2cc(=O)n(C)c(=O)n2C)cc1OC. The molecule has 0 saturated carbocycles. The molecule has 0 bridgehead atoms. The van der Waals surface area contributed by atoms with Gasteiger partial charge in [0, 0.05) is 26.2 Å². The minimum absolute atomic E-state index is 0.172. The van der Waals surface area contributed by atoms with Crippen molar-refractivity contribution in [1.29, 1.82) is 0 Å². The van der Waals surface area contributed by atoms with Gasteiger partial charge < -0.3 is 9.47 Å². The second-order valence-corrected chi connectivity index (χ2v) is 5.33. The Kier molecular flexibility index (Phi) is 5.84. The molecule has 1 aromatic carbocycles. The third-order valence-corrected chi connectivity index (χ3v) is 3.67. The Hall–Kier alpha value is -3.49. The van der Waals surface area contributed by atoms with Crippen LogP contribution in [0.25, 0.3) is 6.08 Å². The number of carbonyl (C=O) groups is 1. The van der Waals surface area contributed by atoms with E-state index in [1.165, 1.54) is 45.0 Å². The number of nitrogens with zero attached hydrogens (tertiary/aromatic N) is 2. The summed E-state index contributed by atoms with van der Waals surface area (Å²) in [5, 5.41) is 0. The molecule has 0 radical (unpaired) electrons. The molecule has 0 unspecified atom stereocenters. The van der Waals surface area contributed by atoms with Gasteiger partial charge in [0.2, 0.25) is 0 Å². The first-order valence-corrected chi connectivity index (χ1v) is 7.60. The van der Waals surface area contributed by atoms with E-state index in [-0.39, 0.29) is 5.82 Å². The lowest BCUT2D eigenvalue weighted by atomic mass is 10.2. The number of carbonyl (C=O) groups excluding carboxylic acids is 1. The van der Waals surface area contributed by atoms with E-state index in [0.29, 0.717) is 11.5 Å². The number of hydrazine groups is 1. The summed E-state index contributed by atoms with van der Waals surface area (Å²) in [4.78, 5) is 35.4. The Bertz CT molecular complexity index is 959. The molecule has 26 heavy (non-hydrogen) atoms. The van der Waals surface area contributed by atoms with E-state index in [2.05, 4.69) is 10.9 Å². The maximum Gasteiger partial charge on any atom is 0.332 e. The van der Waals surface area contributed by atoms with Crippen LogP contribution in [0, 0.1) is 0 Å². The van der Waals surface area contributed by atoms with Crippen molar-refractivity contribution >= 4 is 17.8 Å². The van der Waals surface area contributed by atoms with Gasteiger partial charge in [0.05, 0.1) is 14.2 Å². The summed E-state index contributed by atoms with van der Waals surface area (Å²) in [7, 11) is 5.92. The van der Waals surface area contributed by atoms with Gasteiger partial charge in [-0.3, -0.25) is 29.6 Å². The molecule has 9 nitrogen and oxygen atoms in total. The molecule has 0 fully saturated rings. The molecular weight excluding hydrogens is 340 g/mol. The van der Waals surface area contributed by atoms with Crippen molar-refractivity contribution in [3.8, 4) is 11.5 Å². The Labute approximate surface area is 149 Å². The zero-order valence-corrected chi connectivity index (χ0v) is 14.9. The van der Waals surface area contributed by atoms with Crippen molar-refractivity contribution in [2.24, 2.45) is 14.1 Å². The molecule has 9 heteroatoms. The fourth-order valence-corrected chi connectivity index (χ4v) is 2.15. The van der Waals surface area contributed by atoms with Gasteiger partial charge >= 0.3 is 5.69 Å². The number of hydrogen-bond acceptors (Lipinski definition) is 6. The number of amides is 1. The topological polar surface area (TPSA) is 104 Å². The molecule has 0 spiro atoms. The molecule has 0 aliphatic carbocycles. The van der Waals surface area contributed by atoms with Crippen molar-refractivity contribution in [2.45, 2.75) is 0 Å². The molecule has 138 valence electrons. The average molecular weight is 360 g/mol. The van der Waals surface area contributed by atoms with Crippen LogP contribution < -0.4 is 31.6 Å². The van der Waals surface area contributed by atoms with Gasteiger partial charge in [-0.1, -0.05) is 6.07 Å². The van der Waals surface area contributed by atoms with Crippen LogP contribution in [-0.2, 0) is 18.9 Å². The minimum atomic E-state index is -0.505. The number of nitrogens with one attached hydrogen (secondary N) is 2. The molecule has 0 atom stereocenters. The highest BCUT2D eigenvalue weighted by Crippen LogP contribution is 2.27. The smallest absolute Gasteiger partial charge is 0.332 e. The molecule has 1 heterocycles. The zero-order valence-electron chi connectivity index (χ0n) is 14.9. The molecule has 1 aromatic heterocycles. The summed E-state index contributed by atoms with van der Waals surface area (Å²) in [5.41, 5.74) is 4.70. The fourth-order valence-electron chi connectivity index (χ4n) is 2.15. The number of aromatic nitrogens is 2. The predicted molar refractivity (Wildman–Crippen MR) is 97.3 cm³/mol. The molecule has 0 saturated heterocycles. The molecule has 2 rings (SSSR count). The normalized spacial score (nSPS) is 10.6. The largest absolute Gasteiger partial charge is 0.493 e. The average Bonchev–Trinajstić information content (AvgIpc) is 2.66. The van der Waals surface area contributed by atoms with Crippen molar-refractivity contribution in [3.05, 3.63) is 56.7 Å². The summed E-state index contributed by atoms with van der Waals surface area (Å²) < 4.78 is 12.5. The van der Waals surface area contributed by atoms with Crippen molar-refractivity contribution in [2.75, 3.05) is 19.6 Å². The van der Waals surface area contributed by atoms with Gasteiger partial charge in [-0.05, 0) is 23.8 Å². The lowest BCUT2D eigenvalue weighted by molar-refractivity contribution is -0.116.